The van der Waals surface area contributed by atoms with Crippen LogP contribution >= 0.6 is 0 Å². The second-order valence-electron chi connectivity index (χ2n) is 9.50. The van der Waals surface area contributed by atoms with Gasteiger partial charge in [0, 0.05) is 7.11 Å². The maximum absolute atomic E-state index is 6.85. The maximum atomic E-state index is 6.85. The smallest absolute Gasteiger partial charge is 0.310 e. The van der Waals surface area contributed by atoms with Crippen molar-refractivity contribution in [3.8, 4) is 0 Å². The lowest BCUT2D eigenvalue weighted by Crippen LogP contribution is -2.88. The van der Waals surface area contributed by atoms with Gasteiger partial charge in [0.25, 0.3) is 0 Å². The molecule has 0 aliphatic carbocycles. The van der Waals surface area contributed by atoms with Crippen LogP contribution in [-0.2, 0) is 8.23 Å². The Morgan fingerprint density at radius 3 is 0.900 bits per heavy atom. The summed E-state index contributed by atoms with van der Waals surface area (Å²) in [6.07, 6.45) is 0. The normalized spacial score (nSPS) is 33.0. The first-order valence-corrected chi connectivity index (χ1v) is 29.4. The maximum Gasteiger partial charge on any atom is 0.310 e. The van der Waals surface area contributed by atoms with E-state index in [0.29, 0.717) is 0 Å². The van der Waals surface area contributed by atoms with E-state index in [0.717, 1.165) is 0 Å². The molecule has 0 N–H and O–H groups in total. The van der Waals surface area contributed by atoms with E-state index in [9.17, 15) is 0 Å². The van der Waals surface area contributed by atoms with Crippen molar-refractivity contribution in [2.24, 2.45) is 0 Å². The molecule has 0 spiro atoms. The van der Waals surface area contributed by atoms with Gasteiger partial charge in [-0.25, -0.2) is 0 Å². The van der Waals surface area contributed by atoms with Crippen LogP contribution in [0.3, 0.4) is 0 Å². The van der Waals surface area contributed by atoms with E-state index in [1.807, 2.05) is 0 Å². The molecule has 0 amide bonds. The Labute approximate surface area is 132 Å². The Balaban J connectivity index is 3.58. The van der Waals surface area contributed by atoms with E-state index in [1.54, 1.807) is 0 Å². The first kappa shape index (κ1) is 19.3. The van der Waals surface area contributed by atoms with E-state index in [4.69, 9.17) is 8.23 Å². The average molecular weight is 381 g/mol. The number of hydrogen-bond donors (Lipinski definition) is 0. The van der Waals surface area contributed by atoms with Crippen molar-refractivity contribution < 1.29 is 8.23 Å². The van der Waals surface area contributed by atoms with Crippen LogP contribution in [0.2, 0.25) is 78.6 Å². The van der Waals surface area contributed by atoms with Crippen LogP contribution in [0, 0.1) is 0 Å². The van der Waals surface area contributed by atoms with Gasteiger partial charge in [-0.05, 0) is 39.3 Å². The van der Waals surface area contributed by atoms with Crippen LogP contribution in [0.15, 0.2) is 0 Å². The lowest BCUT2D eigenvalue weighted by molar-refractivity contribution is 0.404. The molecule has 0 unspecified atom stereocenters. The van der Waals surface area contributed by atoms with Crippen LogP contribution in [-0.4, -0.2) is 45.6 Å². The van der Waals surface area contributed by atoms with Gasteiger partial charge >= 0.3 is 8.56 Å². The molecule has 0 aromatic heterocycles. The van der Waals surface area contributed by atoms with Crippen LogP contribution < -0.4 is 0 Å². The second kappa shape index (κ2) is 4.86. The fourth-order valence-electron chi connectivity index (χ4n) is 3.79. The molecule has 1 saturated heterocycles. The van der Waals surface area contributed by atoms with Gasteiger partial charge in [0.1, 0.15) is 0 Å². The largest absolute Gasteiger partial charge is 0.439 e. The molecular weight excluding hydrogens is 345 g/mol. The summed E-state index contributed by atoms with van der Waals surface area (Å²) in [5, 5.41) is 0. The molecular formula is C12H36O2Si6. The van der Waals surface area contributed by atoms with Gasteiger partial charge in [-0.2, -0.15) is 0 Å². The summed E-state index contributed by atoms with van der Waals surface area (Å²) in [7, 11) is -9.18. The highest BCUT2D eigenvalue weighted by molar-refractivity contribution is 7.91. The molecule has 1 fully saturated rings. The lowest BCUT2D eigenvalue weighted by Gasteiger charge is -2.62. The summed E-state index contributed by atoms with van der Waals surface area (Å²) in [6.45, 7) is 30.6. The van der Waals surface area contributed by atoms with Crippen LogP contribution in [0.1, 0.15) is 0 Å². The molecule has 0 bridgehead atoms. The monoisotopic (exact) mass is 380 g/mol. The van der Waals surface area contributed by atoms with Crippen molar-refractivity contribution >= 4 is 45.6 Å². The van der Waals surface area contributed by atoms with Gasteiger partial charge in [-0.1, -0.05) is 39.3 Å². The molecule has 20 heavy (non-hydrogen) atoms. The Bertz CT molecular complexity index is 367. The molecule has 0 aromatic rings. The molecule has 0 radical (unpaired) electrons. The molecule has 0 saturated carbocycles. The quantitative estimate of drug-likeness (QED) is 0.572. The molecule has 8 heteroatoms. The lowest BCUT2D eigenvalue weighted by atomic mass is 11.9. The Hall–Kier alpha value is 1.22. The van der Waals surface area contributed by atoms with Crippen molar-refractivity contribution in [2.75, 3.05) is 0 Å². The van der Waals surface area contributed by atoms with Crippen molar-refractivity contribution in [1.29, 1.82) is 0 Å². The Morgan fingerprint density at radius 2 is 0.650 bits per heavy atom. The molecule has 1 aliphatic heterocycles. The van der Waals surface area contributed by atoms with Crippen molar-refractivity contribution in [1.82, 2.24) is 0 Å². The summed E-state index contributed by atoms with van der Waals surface area (Å²) in [4.78, 5) is 0. The molecule has 1 rings (SSSR count). The van der Waals surface area contributed by atoms with Crippen LogP contribution in [0.25, 0.3) is 0 Å². The Kier molecular flexibility index (Phi) is 4.68. The van der Waals surface area contributed by atoms with Crippen LogP contribution in [0.5, 0.6) is 0 Å². The minimum Gasteiger partial charge on any atom is -0.439 e. The van der Waals surface area contributed by atoms with Gasteiger partial charge in [-0.15, -0.1) is 0 Å². The van der Waals surface area contributed by atoms with E-state index >= 15 is 0 Å². The van der Waals surface area contributed by atoms with Crippen molar-refractivity contribution in [3.05, 3.63) is 0 Å². The molecule has 2 nitrogen and oxygen atoms in total. The van der Waals surface area contributed by atoms with Crippen molar-refractivity contribution in [2.45, 2.75) is 78.6 Å². The van der Waals surface area contributed by atoms with Gasteiger partial charge < -0.3 is 8.23 Å². The van der Waals surface area contributed by atoms with Crippen molar-refractivity contribution in [3.63, 3.8) is 0 Å². The summed E-state index contributed by atoms with van der Waals surface area (Å²) in [5.41, 5.74) is 0. The first-order chi connectivity index (χ1) is 8.41. The molecule has 0 atom stereocenters. The fourth-order valence-corrected chi connectivity index (χ4v) is 124. The molecule has 1 heterocycles. The molecule has 1 aliphatic rings. The predicted octanol–water partition coefficient (Wildman–Crippen LogP) is 4.58. The van der Waals surface area contributed by atoms with Gasteiger partial charge in [0.05, 0.1) is 14.2 Å². The topological polar surface area (TPSA) is 18.5 Å². The third-order valence-corrected chi connectivity index (χ3v) is 104. The zero-order valence-electron chi connectivity index (χ0n) is 15.8. The second-order valence-corrected chi connectivity index (χ2v) is 63.9. The summed E-state index contributed by atoms with van der Waals surface area (Å²) in [5.74, 6) is 0. The van der Waals surface area contributed by atoms with Gasteiger partial charge in [0.2, 0.25) is 0 Å². The van der Waals surface area contributed by atoms with E-state index in [1.165, 1.54) is 0 Å². The SMILES string of the molecule is C[Si]1(C)O[Si](C)(C)[Si](C)(C)[Si](C)(C)[Si](C)(C)[Si](C)(C)O1. The zero-order chi connectivity index (χ0) is 16.4. The van der Waals surface area contributed by atoms with E-state index in [2.05, 4.69) is 78.6 Å². The predicted molar refractivity (Wildman–Crippen MR) is 107 cm³/mol. The highest BCUT2D eigenvalue weighted by Crippen LogP contribution is 2.43. The Morgan fingerprint density at radius 1 is 0.400 bits per heavy atom. The average Bonchev–Trinajstić information content (AvgIpc) is 2.10. The van der Waals surface area contributed by atoms with Gasteiger partial charge in [-0.3, -0.25) is 0 Å². The summed E-state index contributed by atoms with van der Waals surface area (Å²) in [6, 6.07) is 0. The van der Waals surface area contributed by atoms with Gasteiger partial charge in [0.15, 0.2) is 15.7 Å². The first-order valence-electron chi connectivity index (χ1n) is 7.82. The standard InChI is InChI=1S/C12H36O2Si6/c1-15(2)13-16(3,4)18(7,8)20(11,12)19(9,10)17(5,6)14-15/h1-12H3. The van der Waals surface area contributed by atoms with E-state index in [-0.39, 0.29) is 0 Å². The number of hydrogen-bond acceptors (Lipinski definition) is 2. The highest BCUT2D eigenvalue weighted by atomic mass is 29.9. The highest BCUT2D eigenvalue weighted by Gasteiger charge is 2.68. The third-order valence-electron chi connectivity index (χ3n) is 7.14. The zero-order valence-corrected chi connectivity index (χ0v) is 21.8. The van der Waals surface area contributed by atoms with E-state index < -0.39 is 45.6 Å². The summed E-state index contributed by atoms with van der Waals surface area (Å²) < 4.78 is 13.7. The summed E-state index contributed by atoms with van der Waals surface area (Å²) >= 11 is 0. The fraction of sp³-hybridized carbons (Fsp3) is 1.00. The third kappa shape index (κ3) is 2.63. The molecule has 120 valence electrons. The minimum atomic E-state index is -1.97. The van der Waals surface area contributed by atoms with Crippen LogP contribution in [0.4, 0.5) is 0 Å². The minimum absolute atomic E-state index is 1.29. The number of rotatable bonds is 0. The molecule has 0 aromatic carbocycles.